The smallest absolute Gasteiger partial charge is 0.215 e. The Morgan fingerprint density at radius 2 is 1.64 bits per heavy atom. The van der Waals surface area contributed by atoms with Crippen LogP contribution < -0.4 is 0 Å². The van der Waals surface area contributed by atoms with Gasteiger partial charge in [0, 0.05) is 62.9 Å². The lowest BCUT2D eigenvalue weighted by Crippen LogP contribution is -2.47. The fourth-order valence-electron chi connectivity index (χ4n) is 5.18. The summed E-state index contributed by atoms with van der Waals surface area (Å²) in [6, 6.07) is 17.0. The Morgan fingerprint density at radius 3 is 2.36 bits per heavy atom. The van der Waals surface area contributed by atoms with E-state index in [0.717, 1.165) is 44.5 Å². The van der Waals surface area contributed by atoms with E-state index in [9.17, 15) is 8.42 Å². The number of likely N-dealkylation sites (N-methyl/N-ethyl adjacent to an activating group) is 1. The van der Waals surface area contributed by atoms with E-state index in [1.165, 1.54) is 22.1 Å². The van der Waals surface area contributed by atoms with Crippen LogP contribution in [0, 0.1) is 0 Å². The van der Waals surface area contributed by atoms with Gasteiger partial charge in [-0.15, -0.1) is 0 Å². The standard InChI is InChI=1S/C26H34N4O2S/c1-28-13-15-29(16-14-28)17-18-33(31,32)30-11-9-22(10-12-30)25-20-27-26-8-7-23(19-24(25)26)21-5-3-2-4-6-21/h2-8,19-20,22,27H,9-18H2,1H3. The summed E-state index contributed by atoms with van der Waals surface area (Å²) in [5.74, 6) is 0.614. The molecular formula is C26H34N4O2S. The van der Waals surface area contributed by atoms with E-state index < -0.39 is 10.0 Å². The highest BCUT2D eigenvalue weighted by Gasteiger charge is 2.30. The summed E-state index contributed by atoms with van der Waals surface area (Å²) in [7, 11) is -1.08. The molecule has 0 amide bonds. The zero-order chi connectivity index (χ0) is 22.8. The van der Waals surface area contributed by atoms with E-state index in [4.69, 9.17) is 0 Å². The van der Waals surface area contributed by atoms with Gasteiger partial charge in [-0.2, -0.15) is 0 Å². The van der Waals surface area contributed by atoms with Crippen molar-refractivity contribution in [1.29, 1.82) is 0 Å². The Balaban J connectivity index is 1.23. The molecule has 0 bridgehead atoms. The highest BCUT2D eigenvalue weighted by molar-refractivity contribution is 7.89. The molecule has 2 aliphatic heterocycles. The Hall–Kier alpha value is -2.19. The average Bonchev–Trinajstić information content (AvgIpc) is 3.28. The second-order valence-electron chi connectivity index (χ2n) is 9.50. The second kappa shape index (κ2) is 9.58. The zero-order valence-electron chi connectivity index (χ0n) is 19.4. The monoisotopic (exact) mass is 466 g/mol. The molecule has 0 saturated carbocycles. The molecular weight excluding hydrogens is 432 g/mol. The molecule has 1 aromatic heterocycles. The first-order chi connectivity index (χ1) is 16.0. The third-order valence-corrected chi connectivity index (χ3v) is 9.22. The van der Waals surface area contributed by atoms with E-state index in [1.54, 1.807) is 4.31 Å². The molecule has 176 valence electrons. The maximum Gasteiger partial charge on any atom is 0.215 e. The van der Waals surface area contributed by atoms with E-state index >= 15 is 0 Å². The number of nitrogens with one attached hydrogen (secondary N) is 1. The molecule has 5 rings (SSSR count). The number of hydrogen-bond donors (Lipinski definition) is 1. The Morgan fingerprint density at radius 1 is 0.909 bits per heavy atom. The molecule has 7 heteroatoms. The predicted molar refractivity (Wildman–Crippen MR) is 135 cm³/mol. The topological polar surface area (TPSA) is 59.7 Å². The van der Waals surface area contributed by atoms with E-state index in [2.05, 4.69) is 70.5 Å². The van der Waals surface area contributed by atoms with Gasteiger partial charge in [-0.05, 0) is 54.6 Å². The molecule has 0 aliphatic carbocycles. The Bertz CT molecular complexity index is 1180. The van der Waals surface area contributed by atoms with Crippen molar-refractivity contribution >= 4 is 20.9 Å². The fourth-order valence-corrected chi connectivity index (χ4v) is 6.69. The van der Waals surface area contributed by atoms with Crippen molar-refractivity contribution in [3.63, 3.8) is 0 Å². The van der Waals surface area contributed by atoms with Crippen LogP contribution in [0.2, 0.25) is 0 Å². The van der Waals surface area contributed by atoms with E-state index in [-0.39, 0.29) is 5.75 Å². The Kier molecular flexibility index (Phi) is 6.56. The second-order valence-corrected chi connectivity index (χ2v) is 11.6. The molecule has 1 N–H and O–H groups in total. The maximum atomic E-state index is 13.0. The summed E-state index contributed by atoms with van der Waals surface area (Å²) >= 11 is 0. The molecule has 2 aromatic carbocycles. The summed E-state index contributed by atoms with van der Waals surface area (Å²) in [5.41, 5.74) is 4.89. The normalized spacial score (nSPS) is 19.9. The van der Waals surface area contributed by atoms with Crippen molar-refractivity contribution in [2.45, 2.75) is 18.8 Å². The van der Waals surface area contributed by atoms with Crippen molar-refractivity contribution in [1.82, 2.24) is 19.1 Å². The minimum atomic E-state index is -3.20. The maximum absolute atomic E-state index is 13.0. The first-order valence-corrected chi connectivity index (χ1v) is 13.7. The molecule has 33 heavy (non-hydrogen) atoms. The number of benzene rings is 2. The van der Waals surface area contributed by atoms with Crippen molar-refractivity contribution in [3.8, 4) is 11.1 Å². The van der Waals surface area contributed by atoms with Crippen LogP contribution in [0.1, 0.15) is 24.3 Å². The molecule has 2 aliphatic rings. The lowest BCUT2D eigenvalue weighted by Gasteiger charge is -2.34. The van der Waals surface area contributed by atoms with Gasteiger partial charge in [-0.25, -0.2) is 12.7 Å². The van der Waals surface area contributed by atoms with Gasteiger partial charge >= 0.3 is 0 Å². The SMILES string of the molecule is CN1CCN(CCS(=O)(=O)N2CCC(c3c[nH]c4ccc(-c5ccccc5)cc34)CC2)CC1. The van der Waals surface area contributed by atoms with E-state index in [1.807, 2.05) is 6.07 Å². The van der Waals surface area contributed by atoms with Gasteiger partial charge in [-0.1, -0.05) is 36.4 Å². The summed E-state index contributed by atoms with van der Waals surface area (Å²) in [6.07, 6.45) is 3.87. The zero-order valence-corrected chi connectivity index (χ0v) is 20.2. The van der Waals surface area contributed by atoms with Gasteiger partial charge < -0.3 is 9.88 Å². The third kappa shape index (κ3) is 5.01. The Labute approximate surface area is 197 Å². The van der Waals surface area contributed by atoms with Crippen LogP contribution in [-0.2, 0) is 10.0 Å². The van der Waals surface area contributed by atoms with E-state index in [0.29, 0.717) is 25.6 Å². The first-order valence-electron chi connectivity index (χ1n) is 12.0. The third-order valence-electron chi connectivity index (χ3n) is 7.37. The molecule has 0 atom stereocenters. The number of aromatic amines is 1. The number of piperidine rings is 1. The average molecular weight is 467 g/mol. The van der Waals surface area contributed by atoms with Crippen LogP contribution in [0.15, 0.2) is 54.7 Å². The van der Waals surface area contributed by atoms with Gasteiger partial charge in [-0.3, -0.25) is 4.90 Å². The van der Waals surface area contributed by atoms with Crippen molar-refractivity contribution in [3.05, 3.63) is 60.3 Å². The minimum absolute atomic E-state index is 0.231. The molecule has 3 aromatic rings. The van der Waals surface area contributed by atoms with Gasteiger partial charge in [0.1, 0.15) is 0 Å². The summed E-state index contributed by atoms with van der Waals surface area (Å²) in [6.45, 7) is 5.81. The predicted octanol–water partition coefficient (Wildman–Crippen LogP) is 3.59. The molecule has 2 fully saturated rings. The number of sulfonamides is 1. The molecule has 0 spiro atoms. The number of aromatic nitrogens is 1. The molecule has 2 saturated heterocycles. The number of rotatable bonds is 6. The molecule has 3 heterocycles. The minimum Gasteiger partial charge on any atom is -0.361 e. The van der Waals surface area contributed by atoms with Crippen molar-refractivity contribution in [2.24, 2.45) is 0 Å². The molecule has 6 nitrogen and oxygen atoms in total. The first kappa shape index (κ1) is 22.6. The molecule has 0 radical (unpaired) electrons. The van der Waals surface area contributed by atoms with Crippen molar-refractivity contribution < 1.29 is 8.42 Å². The highest BCUT2D eigenvalue weighted by Crippen LogP contribution is 2.35. The van der Waals surface area contributed by atoms with Crippen LogP contribution in [0.25, 0.3) is 22.0 Å². The van der Waals surface area contributed by atoms with Crippen LogP contribution in [0.5, 0.6) is 0 Å². The largest absolute Gasteiger partial charge is 0.361 e. The van der Waals surface area contributed by atoms with Gasteiger partial charge in [0.25, 0.3) is 0 Å². The summed E-state index contributed by atoms with van der Waals surface area (Å²) < 4.78 is 27.7. The number of fused-ring (bicyclic) bond motifs is 1. The molecule has 0 unspecified atom stereocenters. The number of nitrogens with zero attached hydrogens (tertiary/aromatic N) is 3. The fraction of sp³-hybridized carbons (Fsp3) is 0.462. The number of hydrogen-bond acceptors (Lipinski definition) is 4. The van der Waals surface area contributed by atoms with Crippen LogP contribution in [0.4, 0.5) is 0 Å². The van der Waals surface area contributed by atoms with Crippen LogP contribution in [-0.4, -0.2) is 86.1 Å². The lowest BCUT2D eigenvalue weighted by molar-refractivity contribution is 0.160. The highest BCUT2D eigenvalue weighted by atomic mass is 32.2. The van der Waals surface area contributed by atoms with Crippen molar-refractivity contribution in [2.75, 3.05) is 58.6 Å². The van der Waals surface area contributed by atoms with Crippen LogP contribution in [0.3, 0.4) is 0 Å². The summed E-state index contributed by atoms with van der Waals surface area (Å²) in [4.78, 5) is 8.00. The number of H-pyrrole nitrogens is 1. The number of piperazine rings is 1. The van der Waals surface area contributed by atoms with Crippen LogP contribution >= 0.6 is 0 Å². The van der Waals surface area contributed by atoms with Gasteiger partial charge in [0.05, 0.1) is 5.75 Å². The van der Waals surface area contributed by atoms with Gasteiger partial charge in [0.15, 0.2) is 0 Å². The quantitative estimate of drug-likeness (QED) is 0.603. The lowest BCUT2D eigenvalue weighted by atomic mass is 9.89. The van der Waals surface area contributed by atoms with Gasteiger partial charge in [0.2, 0.25) is 10.0 Å². The summed E-state index contributed by atoms with van der Waals surface area (Å²) in [5, 5.41) is 1.26.